The van der Waals surface area contributed by atoms with E-state index in [0.29, 0.717) is 19.8 Å². The molecule has 1 aliphatic heterocycles. The van der Waals surface area contributed by atoms with Crippen molar-refractivity contribution in [3.63, 3.8) is 0 Å². The van der Waals surface area contributed by atoms with Gasteiger partial charge < -0.3 is 15.0 Å². The molecule has 0 bridgehead atoms. The third-order valence-electron chi connectivity index (χ3n) is 3.37. The fraction of sp³-hybridized carbons (Fsp3) is 0.467. The van der Waals surface area contributed by atoms with Crippen molar-refractivity contribution in [3.8, 4) is 0 Å². The Kier molecular flexibility index (Phi) is 4.74. The van der Waals surface area contributed by atoms with Gasteiger partial charge in [0.2, 0.25) is 11.8 Å². The molecule has 20 heavy (non-hydrogen) atoms. The largest absolute Gasteiger partial charge is 0.380 e. The van der Waals surface area contributed by atoms with Crippen molar-refractivity contribution in [2.24, 2.45) is 0 Å². The zero-order valence-electron chi connectivity index (χ0n) is 11.8. The molecule has 0 aromatic heterocycles. The minimum Gasteiger partial charge on any atom is -0.380 e. The van der Waals surface area contributed by atoms with Crippen molar-refractivity contribution >= 4 is 11.8 Å². The molecule has 0 saturated carbocycles. The molecule has 2 atom stereocenters. The molecule has 0 aliphatic carbocycles. The summed E-state index contributed by atoms with van der Waals surface area (Å²) in [6, 6.07) is 8.30. The zero-order chi connectivity index (χ0) is 14.5. The Balaban J connectivity index is 2.24. The fourth-order valence-electron chi connectivity index (χ4n) is 2.38. The molecular formula is C15H20N2O3. The van der Waals surface area contributed by atoms with E-state index in [1.165, 1.54) is 0 Å². The van der Waals surface area contributed by atoms with Crippen LogP contribution in [-0.4, -0.2) is 42.5 Å². The minimum atomic E-state index is -0.569. The number of ether oxygens (including phenoxy) is 1. The molecule has 1 aliphatic rings. The quantitative estimate of drug-likeness (QED) is 0.820. The van der Waals surface area contributed by atoms with E-state index in [-0.39, 0.29) is 11.8 Å². The Morgan fingerprint density at radius 3 is 2.60 bits per heavy atom. The first-order valence-electron chi connectivity index (χ1n) is 6.88. The zero-order valence-corrected chi connectivity index (χ0v) is 11.8. The van der Waals surface area contributed by atoms with Crippen LogP contribution in [0, 0.1) is 0 Å². The Bertz CT molecular complexity index is 475. The molecule has 2 amide bonds. The van der Waals surface area contributed by atoms with E-state index in [1.54, 1.807) is 11.8 Å². The summed E-state index contributed by atoms with van der Waals surface area (Å²) in [4.78, 5) is 26.2. The van der Waals surface area contributed by atoms with Crippen LogP contribution < -0.4 is 5.32 Å². The van der Waals surface area contributed by atoms with Gasteiger partial charge in [-0.25, -0.2) is 0 Å². The highest BCUT2D eigenvalue weighted by atomic mass is 16.5. The van der Waals surface area contributed by atoms with Gasteiger partial charge in [0.15, 0.2) is 0 Å². The maximum absolute atomic E-state index is 12.3. The SMILES string of the molecule is CCOCCN1C(=O)C(C)NC(=O)C1c1ccccc1. The summed E-state index contributed by atoms with van der Waals surface area (Å²) < 4.78 is 5.31. The molecule has 2 rings (SSSR count). The van der Waals surface area contributed by atoms with Gasteiger partial charge in [-0.1, -0.05) is 30.3 Å². The summed E-state index contributed by atoms with van der Waals surface area (Å²) in [5, 5.41) is 2.73. The van der Waals surface area contributed by atoms with Crippen molar-refractivity contribution in [2.75, 3.05) is 19.8 Å². The van der Waals surface area contributed by atoms with Gasteiger partial charge in [0.1, 0.15) is 12.1 Å². The van der Waals surface area contributed by atoms with E-state index < -0.39 is 12.1 Å². The molecule has 2 unspecified atom stereocenters. The first-order chi connectivity index (χ1) is 9.65. The second kappa shape index (κ2) is 6.52. The van der Waals surface area contributed by atoms with E-state index in [4.69, 9.17) is 4.74 Å². The van der Waals surface area contributed by atoms with Crippen LogP contribution in [0.5, 0.6) is 0 Å². The summed E-state index contributed by atoms with van der Waals surface area (Å²) in [7, 11) is 0. The van der Waals surface area contributed by atoms with Gasteiger partial charge in [-0.2, -0.15) is 0 Å². The van der Waals surface area contributed by atoms with E-state index >= 15 is 0 Å². The number of rotatable bonds is 5. The lowest BCUT2D eigenvalue weighted by Crippen LogP contribution is -2.58. The maximum Gasteiger partial charge on any atom is 0.248 e. The van der Waals surface area contributed by atoms with Gasteiger partial charge in [0.05, 0.1) is 6.61 Å². The van der Waals surface area contributed by atoms with Gasteiger partial charge in [-0.05, 0) is 19.4 Å². The van der Waals surface area contributed by atoms with E-state index in [9.17, 15) is 9.59 Å². The Hall–Kier alpha value is -1.88. The van der Waals surface area contributed by atoms with Crippen molar-refractivity contribution in [1.29, 1.82) is 0 Å². The minimum absolute atomic E-state index is 0.0712. The molecule has 1 heterocycles. The molecule has 1 aromatic rings. The maximum atomic E-state index is 12.3. The first kappa shape index (κ1) is 14.5. The molecule has 5 nitrogen and oxygen atoms in total. The van der Waals surface area contributed by atoms with Crippen LogP contribution in [0.2, 0.25) is 0 Å². The lowest BCUT2D eigenvalue weighted by molar-refractivity contribution is -0.150. The standard InChI is InChI=1S/C15H20N2O3/c1-3-20-10-9-17-13(12-7-5-4-6-8-12)14(18)16-11(2)15(17)19/h4-8,11,13H,3,9-10H2,1-2H3,(H,16,18). The van der Waals surface area contributed by atoms with Crippen LogP contribution in [0.4, 0.5) is 0 Å². The van der Waals surface area contributed by atoms with Crippen LogP contribution >= 0.6 is 0 Å². The van der Waals surface area contributed by atoms with E-state index in [2.05, 4.69) is 5.32 Å². The van der Waals surface area contributed by atoms with Crippen molar-refractivity contribution in [2.45, 2.75) is 25.9 Å². The predicted molar refractivity (Wildman–Crippen MR) is 75.0 cm³/mol. The molecule has 0 spiro atoms. The lowest BCUT2D eigenvalue weighted by Gasteiger charge is -2.38. The molecule has 108 valence electrons. The lowest BCUT2D eigenvalue weighted by atomic mass is 10.00. The number of nitrogens with zero attached hydrogens (tertiary/aromatic N) is 1. The number of piperazine rings is 1. The van der Waals surface area contributed by atoms with Gasteiger partial charge in [-0.3, -0.25) is 9.59 Å². The molecule has 1 fully saturated rings. The average molecular weight is 276 g/mol. The summed E-state index contributed by atoms with van der Waals surface area (Å²) in [6.07, 6.45) is 0. The summed E-state index contributed by atoms with van der Waals surface area (Å²) in [5.41, 5.74) is 0.821. The van der Waals surface area contributed by atoms with E-state index in [0.717, 1.165) is 5.56 Å². The number of nitrogens with one attached hydrogen (secondary N) is 1. The summed E-state index contributed by atoms with van der Waals surface area (Å²) in [5.74, 6) is -0.210. The molecule has 1 N–H and O–H groups in total. The number of amides is 2. The highest BCUT2D eigenvalue weighted by Gasteiger charge is 2.39. The van der Waals surface area contributed by atoms with E-state index in [1.807, 2.05) is 37.3 Å². The van der Waals surface area contributed by atoms with Crippen LogP contribution in [0.1, 0.15) is 25.5 Å². The number of carbonyl (C=O) groups is 2. The summed E-state index contributed by atoms with van der Waals surface area (Å²) in [6.45, 7) is 5.06. The normalized spacial score (nSPS) is 22.8. The number of hydrogen-bond donors (Lipinski definition) is 1. The van der Waals surface area contributed by atoms with Gasteiger partial charge in [-0.15, -0.1) is 0 Å². The van der Waals surface area contributed by atoms with Crippen LogP contribution in [0.25, 0.3) is 0 Å². The van der Waals surface area contributed by atoms with Crippen LogP contribution in [-0.2, 0) is 14.3 Å². The first-order valence-corrected chi connectivity index (χ1v) is 6.88. The molecule has 0 radical (unpaired) electrons. The number of carbonyl (C=O) groups excluding carboxylic acids is 2. The molecule has 1 saturated heterocycles. The van der Waals surface area contributed by atoms with Crippen LogP contribution in [0.3, 0.4) is 0 Å². The van der Waals surface area contributed by atoms with Gasteiger partial charge >= 0.3 is 0 Å². The van der Waals surface area contributed by atoms with Crippen molar-refractivity contribution in [3.05, 3.63) is 35.9 Å². The Morgan fingerprint density at radius 2 is 1.95 bits per heavy atom. The highest BCUT2D eigenvalue weighted by molar-refractivity contribution is 5.97. The molecule has 5 heteroatoms. The van der Waals surface area contributed by atoms with Crippen molar-refractivity contribution < 1.29 is 14.3 Å². The highest BCUT2D eigenvalue weighted by Crippen LogP contribution is 2.25. The average Bonchev–Trinajstić information content (AvgIpc) is 2.45. The third kappa shape index (κ3) is 2.99. The smallest absolute Gasteiger partial charge is 0.248 e. The van der Waals surface area contributed by atoms with Gasteiger partial charge in [0, 0.05) is 13.2 Å². The van der Waals surface area contributed by atoms with Gasteiger partial charge in [0.25, 0.3) is 0 Å². The second-order valence-corrected chi connectivity index (χ2v) is 4.77. The Labute approximate surface area is 118 Å². The number of benzene rings is 1. The Morgan fingerprint density at radius 1 is 1.25 bits per heavy atom. The second-order valence-electron chi connectivity index (χ2n) is 4.77. The third-order valence-corrected chi connectivity index (χ3v) is 3.37. The topological polar surface area (TPSA) is 58.6 Å². The number of hydrogen-bond acceptors (Lipinski definition) is 3. The van der Waals surface area contributed by atoms with Crippen LogP contribution in [0.15, 0.2) is 30.3 Å². The predicted octanol–water partition coefficient (Wildman–Crippen LogP) is 1.11. The monoisotopic (exact) mass is 276 g/mol. The molecule has 1 aromatic carbocycles. The summed E-state index contributed by atoms with van der Waals surface area (Å²) >= 11 is 0. The molecular weight excluding hydrogens is 256 g/mol. The fourth-order valence-corrected chi connectivity index (χ4v) is 2.38. The van der Waals surface area contributed by atoms with Crippen molar-refractivity contribution in [1.82, 2.24) is 10.2 Å².